The molecule has 32 heavy (non-hydrogen) atoms. The van der Waals surface area contributed by atoms with Crippen molar-refractivity contribution in [3.8, 4) is 0 Å². The molecule has 0 bridgehead atoms. The summed E-state index contributed by atoms with van der Waals surface area (Å²) in [5.41, 5.74) is 6.82. The molecule has 0 fully saturated rings. The number of carbonyl (C=O) groups is 2. The minimum atomic E-state index is -0.307. The molecule has 6 nitrogen and oxygen atoms in total. The van der Waals surface area contributed by atoms with E-state index < -0.39 is 0 Å². The molecule has 0 saturated carbocycles. The fourth-order valence-corrected chi connectivity index (χ4v) is 3.91. The lowest BCUT2D eigenvalue weighted by Gasteiger charge is -2.12. The van der Waals surface area contributed by atoms with Gasteiger partial charge in [0, 0.05) is 12.2 Å². The molecule has 0 radical (unpaired) electrons. The van der Waals surface area contributed by atoms with E-state index in [9.17, 15) is 9.59 Å². The number of hydrogen-bond donors (Lipinski definition) is 2. The maximum atomic E-state index is 12.4. The summed E-state index contributed by atoms with van der Waals surface area (Å²) in [6.07, 6.45) is 1.93. The van der Waals surface area contributed by atoms with E-state index in [0.717, 1.165) is 28.1 Å². The lowest BCUT2D eigenvalue weighted by Crippen LogP contribution is -2.25. The number of rotatable bonds is 7. The molecule has 2 aromatic rings. The maximum absolute atomic E-state index is 12.4. The van der Waals surface area contributed by atoms with Crippen molar-refractivity contribution in [1.29, 1.82) is 0 Å². The number of thioether (sulfide) groups is 1. The smallest absolute Gasteiger partial charge is 0.311 e. The van der Waals surface area contributed by atoms with Crippen LogP contribution in [0.4, 0.5) is 11.4 Å². The highest BCUT2D eigenvalue weighted by Gasteiger charge is 2.16. The predicted octanol–water partition coefficient (Wildman–Crippen LogP) is 4.95. The van der Waals surface area contributed by atoms with Gasteiger partial charge < -0.3 is 15.4 Å². The molecule has 0 atom stereocenters. The fourth-order valence-electron chi connectivity index (χ4n) is 3.14. The first-order valence-electron chi connectivity index (χ1n) is 10.6. The normalized spacial score (nSPS) is 12.6. The Kier molecular flexibility index (Phi) is 8.11. The molecule has 0 spiro atoms. The summed E-state index contributed by atoms with van der Waals surface area (Å²) in [5, 5.41) is 6.93. The second-order valence-corrected chi connectivity index (χ2v) is 8.73. The molecule has 0 unspecified atom stereocenters. The van der Waals surface area contributed by atoms with E-state index in [1.807, 2.05) is 63.2 Å². The third kappa shape index (κ3) is 6.72. The zero-order valence-corrected chi connectivity index (χ0v) is 19.8. The van der Waals surface area contributed by atoms with E-state index >= 15 is 0 Å². The van der Waals surface area contributed by atoms with Crippen molar-refractivity contribution in [1.82, 2.24) is 5.32 Å². The molecule has 0 saturated heterocycles. The standard InChI is InChI=1S/C25H29N3O3S/c1-5-31-25(30)13-20-12-24(28-22-11-18(4)17(3)10-21(22)27-20)32-15-23(29)26-14-19-8-6-16(2)7-9-19/h6-12,27H,5,13-15H2,1-4H3,(H,26,29). The lowest BCUT2D eigenvalue weighted by molar-refractivity contribution is -0.142. The summed E-state index contributed by atoms with van der Waals surface area (Å²) in [7, 11) is 0. The van der Waals surface area contributed by atoms with Gasteiger partial charge in [0.2, 0.25) is 5.91 Å². The highest BCUT2D eigenvalue weighted by molar-refractivity contribution is 8.14. The molecular formula is C25H29N3O3S. The van der Waals surface area contributed by atoms with Gasteiger partial charge in [-0.2, -0.15) is 0 Å². The number of fused-ring (bicyclic) bond motifs is 1. The van der Waals surface area contributed by atoms with Gasteiger partial charge in [-0.05, 0) is 62.6 Å². The van der Waals surface area contributed by atoms with Crippen LogP contribution in [0.5, 0.6) is 0 Å². The van der Waals surface area contributed by atoms with Crippen LogP contribution in [-0.2, 0) is 20.9 Å². The van der Waals surface area contributed by atoms with Crippen LogP contribution in [0.1, 0.15) is 35.6 Å². The van der Waals surface area contributed by atoms with Crippen LogP contribution in [0.3, 0.4) is 0 Å². The number of carbonyl (C=O) groups excluding carboxylic acids is 2. The highest BCUT2D eigenvalue weighted by Crippen LogP contribution is 2.33. The van der Waals surface area contributed by atoms with Crippen molar-refractivity contribution < 1.29 is 14.3 Å². The SMILES string of the molecule is CCOC(=O)CC1=CC(SCC(=O)NCc2ccc(C)cc2)=Nc2cc(C)c(C)cc2N1. The van der Waals surface area contributed by atoms with Crippen molar-refractivity contribution >= 4 is 40.1 Å². The van der Waals surface area contributed by atoms with E-state index in [4.69, 9.17) is 9.73 Å². The third-order valence-corrected chi connectivity index (χ3v) is 5.95. The zero-order chi connectivity index (χ0) is 23.1. The van der Waals surface area contributed by atoms with Gasteiger partial charge in [0.05, 0.1) is 35.2 Å². The van der Waals surface area contributed by atoms with E-state index in [1.165, 1.54) is 17.3 Å². The number of nitrogens with zero attached hydrogens (tertiary/aromatic N) is 1. The monoisotopic (exact) mass is 451 g/mol. The molecule has 168 valence electrons. The quantitative estimate of drug-likeness (QED) is 0.582. The number of hydrogen-bond acceptors (Lipinski definition) is 6. The number of nitrogens with one attached hydrogen (secondary N) is 2. The van der Waals surface area contributed by atoms with Gasteiger partial charge in [-0.1, -0.05) is 41.6 Å². The van der Waals surface area contributed by atoms with Crippen molar-refractivity contribution in [2.24, 2.45) is 4.99 Å². The van der Waals surface area contributed by atoms with Crippen LogP contribution in [0, 0.1) is 20.8 Å². The van der Waals surface area contributed by atoms with E-state index in [0.29, 0.717) is 23.9 Å². The van der Waals surface area contributed by atoms with E-state index in [2.05, 4.69) is 10.6 Å². The number of benzene rings is 2. The van der Waals surface area contributed by atoms with Crippen LogP contribution in [-0.4, -0.2) is 29.3 Å². The van der Waals surface area contributed by atoms with Crippen LogP contribution < -0.4 is 10.6 Å². The Labute approximate surface area is 193 Å². The Morgan fingerprint density at radius 2 is 1.81 bits per heavy atom. The summed E-state index contributed by atoms with van der Waals surface area (Å²) < 4.78 is 5.10. The number of anilines is 1. The second kappa shape index (κ2) is 11.0. The van der Waals surface area contributed by atoms with Crippen LogP contribution in [0.15, 0.2) is 53.2 Å². The summed E-state index contributed by atoms with van der Waals surface area (Å²) in [5.74, 6) is -0.150. The Hall–Kier alpha value is -3.06. The van der Waals surface area contributed by atoms with Gasteiger partial charge in [0.25, 0.3) is 0 Å². The average molecular weight is 452 g/mol. The first-order valence-corrected chi connectivity index (χ1v) is 11.6. The van der Waals surface area contributed by atoms with Gasteiger partial charge in [-0.3, -0.25) is 9.59 Å². The number of aliphatic imine (C=N–C) groups is 1. The van der Waals surface area contributed by atoms with Crippen molar-refractivity contribution in [2.45, 2.75) is 40.7 Å². The number of aryl methyl sites for hydroxylation is 3. The molecule has 7 heteroatoms. The number of amides is 1. The molecule has 1 heterocycles. The maximum Gasteiger partial charge on any atom is 0.311 e. The first kappa shape index (κ1) is 23.6. The topological polar surface area (TPSA) is 79.8 Å². The van der Waals surface area contributed by atoms with Gasteiger partial charge in [-0.25, -0.2) is 4.99 Å². The van der Waals surface area contributed by atoms with Crippen molar-refractivity contribution in [3.05, 3.63) is 70.4 Å². The first-order chi connectivity index (χ1) is 15.3. The summed E-state index contributed by atoms with van der Waals surface area (Å²) >= 11 is 1.34. The van der Waals surface area contributed by atoms with Crippen LogP contribution in [0.2, 0.25) is 0 Å². The second-order valence-electron chi connectivity index (χ2n) is 7.73. The van der Waals surface area contributed by atoms with Gasteiger partial charge in [0.15, 0.2) is 0 Å². The number of ether oxygens (including phenoxy) is 1. The molecule has 3 rings (SSSR count). The molecule has 1 aliphatic heterocycles. The minimum Gasteiger partial charge on any atom is -0.466 e. The van der Waals surface area contributed by atoms with Crippen molar-refractivity contribution in [3.63, 3.8) is 0 Å². The third-order valence-electron chi connectivity index (χ3n) is 5.04. The zero-order valence-electron chi connectivity index (χ0n) is 19.0. The van der Waals surface area contributed by atoms with Gasteiger partial charge in [0.1, 0.15) is 0 Å². The predicted molar refractivity (Wildman–Crippen MR) is 131 cm³/mol. The molecule has 0 aromatic heterocycles. The fraction of sp³-hybridized carbons (Fsp3) is 0.320. The molecule has 1 amide bonds. The Morgan fingerprint density at radius 3 is 2.53 bits per heavy atom. The molecular weight excluding hydrogens is 422 g/mol. The summed E-state index contributed by atoms with van der Waals surface area (Å²) in [6.45, 7) is 8.71. The Morgan fingerprint density at radius 1 is 1.09 bits per heavy atom. The summed E-state index contributed by atoms with van der Waals surface area (Å²) in [4.78, 5) is 29.2. The summed E-state index contributed by atoms with van der Waals surface area (Å²) in [6, 6.07) is 12.1. The molecule has 2 N–H and O–H groups in total. The van der Waals surface area contributed by atoms with Crippen molar-refractivity contribution in [2.75, 3.05) is 17.7 Å². The van der Waals surface area contributed by atoms with E-state index in [-0.39, 0.29) is 24.1 Å². The molecule has 2 aromatic carbocycles. The minimum absolute atomic E-state index is 0.0730. The van der Waals surface area contributed by atoms with Gasteiger partial charge in [-0.15, -0.1) is 0 Å². The largest absolute Gasteiger partial charge is 0.466 e. The number of esters is 1. The highest BCUT2D eigenvalue weighted by atomic mass is 32.2. The molecule has 1 aliphatic rings. The Bertz CT molecular complexity index is 1060. The van der Waals surface area contributed by atoms with Crippen LogP contribution >= 0.6 is 11.8 Å². The average Bonchev–Trinajstić information content (AvgIpc) is 2.90. The van der Waals surface area contributed by atoms with E-state index in [1.54, 1.807) is 6.92 Å². The molecule has 0 aliphatic carbocycles. The lowest BCUT2D eigenvalue weighted by atomic mass is 10.1. The Balaban J connectivity index is 1.71. The van der Waals surface area contributed by atoms with Crippen LogP contribution in [0.25, 0.3) is 0 Å². The van der Waals surface area contributed by atoms with Gasteiger partial charge >= 0.3 is 5.97 Å².